The number of carbonyl (C=O) groups is 3. The van der Waals surface area contributed by atoms with E-state index in [2.05, 4.69) is 10.6 Å². The van der Waals surface area contributed by atoms with Crippen LogP contribution in [0.15, 0.2) is 108 Å². The number of aromatic carboxylic acids is 1. The predicted molar refractivity (Wildman–Crippen MR) is 143 cm³/mol. The topological polar surface area (TPSA) is 95.5 Å². The Labute approximate surface area is 217 Å². The van der Waals surface area contributed by atoms with Gasteiger partial charge >= 0.3 is 5.97 Å². The summed E-state index contributed by atoms with van der Waals surface area (Å²) in [7, 11) is 0. The van der Waals surface area contributed by atoms with Crippen molar-refractivity contribution in [2.24, 2.45) is 0 Å². The summed E-state index contributed by atoms with van der Waals surface area (Å²) in [6.45, 7) is 0. The summed E-state index contributed by atoms with van der Waals surface area (Å²) in [5.74, 6) is -1.59. The minimum Gasteiger partial charge on any atom is -0.478 e. The van der Waals surface area contributed by atoms with Gasteiger partial charge < -0.3 is 15.7 Å². The molecular weight excluding hydrogens is 496 g/mol. The van der Waals surface area contributed by atoms with Crippen LogP contribution in [0.25, 0.3) is 0 Å². The van der Waals surface area contributed by atoms with Crippen molar-refractivity contribution in [3.05, 3.63) is 125 Å². The number of benzene rings is 4. The van der Waals surface area contributed by atoms with Gasteiger partial charge in [0.15, 0.2) is 0 Å². The highest BCUT2D eigenvalue weighted by Crippen LogP contribution is 2.37. The van der Waals surface area contributed by atoms with Crippen LogP contribution in [-0.4, -0.2) is 22.9 Å². The van der Waals surface area contributed by atoms with Gasteiger partial charge in [0.05, 0.1) is 5.56 Å². The van der Waals surface area contributed by atoms with Crippen molar-refractivity contribution in [1.29, 1.82) is 0 Å². The fraction of sp³-hybridized carbons (Fsp3) is 0.0357. The van der Waals surface area contributed by atoms with E-state index in [4.69, 9.17) is 16.7 Å². The van der Waals surface area contributed by atoms with E-state index in [0.29, 0.717) is 22.0 Å². The van der Waals surface area contributed by atoms with Crippen LogP contribution >= 0.6 is 23.4 Å². The second-order valence-corrected chi connectivity index (χ2v) is 9.39. The van der Waals surface area contributed by atoms with Gasteiger partial charge in [0, 0.05) is 26.9 Å². The summed E-state index contributed by atoms with van der Waals surface area (Å²) in [6.07, 6.45) is 0. The largest absolute Gasteiger partial charge is 0.478 e. The zero-order chi connectivity index (χ0) is 25.5. The van der Waals surface area contributed by atoms with Crippen molar-refractivity contribution in [3.63, 3.8) is 0 Å². The van der Waals surface area contributed by atoms with Gasteiger partial charge in [-0.2, -0.15) is 0 Å². The highest BCUT2D eigenvalue weighted by molar-refractivity contribution is 8.00. The molecule has 0 aliphatic carbocycles. The normalized spacial score (nSPS) is 11.4. The smallest absolute Gasteiger partial charge is 0.335 e. The van der Waals surface area contributed by atoms with Crippen LogP contribution in [0.2, 0.25) is 5.02 Å². The van der Waals surface area contributed by atoms with Gasteiger partial charge in [-0.05, 0) is 66.2 Å². The second kappa shape index (κ2) is 11.6. The second-order valence-electron chi connectivity index (χ2n) is 7.77. The summed E-state index contributed by atoms with van der Waals surface area (Å²) < 4.78 is 0. The lowest BCUT2D eigenvalue weighted by Gasteiger charge is -2.18. The van der Waals surface area contributed by atoms with Crippen molar-refractivity contribution in [3.8, 4) is 0 Å². The Hall–Kier alpha value is -4.07. The van der Waals surface area contributed by atoms with Gasteiger partial charge in [-0.3, -0.25) is 9.59 Å². The van der Waals surface area contributed by atoms with Crippen molar-refractivity contribution in [2.45, 2.75) is 10.1 Å². The molecule has 0 aliphatic rings. The standard InChI is InChI=1S/C28H21ClN2O4S/c29-21-9-4-8-20(16-21)26(32)31-23-10-5-11-24(17-23)36-25(18-6-2-1-3-7-18)27(33)30-22-14-12-19(13-15-22)28(34)35/h1-17,25H,(H,30,33)(H,31,32)(H,34,35). The Balaban J connectivity index is 1.53. The molecule has 2 amide bonds. The number of hydrogen-bond donors (Lipinski definition) is 3. The number of hydrogen-bond acceptors (Lipinski definition) is 4. The highest BCUT2D eigenvalue weighted by Gasteiger charge is 2.22. The first-order valence-electron chi connectivity index (χ1n) is 10.9. The number of halogens is 1. The molecule has 180 valence electrons. The summed E-state index contributed by atoms with van der Waals surface area (Å²) in [6, 6.07) is 29.3. The van der Waals surface area contributed by atoms with E-state index in [0.717, 1.165) is 10.5 Å². The predicted octanol–water partition coefficient (Wildman–Crippen LogP) is 6.76. The zero-order valence-electron chi connectivity index (χ0n) is 18.9. The van der Waals surface area contributed by atoms with Gasteiger partial charge in [-0.1, -0.05) is 54.1 Å². The maximum absolute atomic E-state index is 13.3. The third-order valence-electron chi connectivity index (χ3n) is 5.17. The number of carboxylic acid groups (broad SMARTS) is 1. The van der Waals surface area contributed by atoms with Crippen LogP contribution in [0.1, 0.15) is 31.5 Å². The van der Waals surface area contributed by atoms with Crippen LogP contribution in [0.3, 0.4) is 0 Å². The van der Waals surface area contributed by atoms with Crippen molar-refractivity contribution in [1.82, 2.24) is 0 Å². The Bertz CT molecular complexity index is 1390. The number of thioether (sulfide) groups is 1. The maximum Gasteiger partial charge on any atom is 0.335 e. The summed E-state index contributed by atoms with van der Waals surface area (Å²) in [4.78, 5) is 37.8. The third kappa shape index (κ3) is 6.53. The van der Waals surface area contributed by atoms with Crippen LogP contribution in [0, 0.1) is 0 Å². The molecule has 4 aromatic rings. The molecule has 6 nitrogen and oxygen atoms in total. The minimum atomic E-state index is -1.03. The molecule has 0 radical (unpaired) electrons. The number of anilines is 2. The molecule has 1 unspecified atom stereocenters. The zero-order valence-corrected chi connectivity index (χ0v) is 20.4. The van der Waals surface area contributed by atoms with Gasteiger partial charge in [0.1, 0.15) is 5.25 Å². The van der Waals surface area contributed by atoms with Crippen LogP contribution in [0.5, 0.6) is 0 Å². The minimum absolute atomic E-state index is 0.138. The first-order chi connectivity index (χ1) is 17.4. The number of nitrogens with one attached hydrogen (secondary N) is 2. The maximum atomic E-state index is 13.3. The van der Waals surface area contributed by atoms with Crippen molar-refractivity contribution in [2.75, 3.05) is 10.6 Å². The van der Waals surface area contributed by atoms with E-state index in [1.54, 1.807) is 54.6 Å². The van der Waals surface area contributed by atoms with E-state index in [9.17, 15) is 14.4 Å². The van der Waals surface area contributed by atoms with E-state index in [1.165, 1.54) is 23.9 Å². The molecule has 0 saturated heterocycles. The molecule has 0 aliphatic heterocycles. The monoisotopic (exact) mass is 516 g/mol. The van der Waals surface area contributed by atoms with Crippen LogP contribution in [0.4, 0.5) is 11.4 Å². The first-order valence-corrected chi connectivity index (χ1v) is 12.2. The molecule has 0 bridgehead atoms. The Morgan fingerprint density at radius 1 is 0.722 bits per heavy atom. The molecule has 0 aromatic heterocycles. The van der Waals surface area contributed by atoms with Gasteiger partial charge in [-0.15, -0.1) is 11.8 Å². The SMILES string of the molecule is O=C(O)c1ccc(NC(=O)C(Sc2cccc(NC(=O)c3cccc(Cl)c3)c2)c2ccccc2)cc1. The molecule has 0 spiro atoms. The average Bonchev–Trinajstić information content (AvgIpc) is 2.88. The highest BCUT2D eigenvalue weighted by atomic mass is 35.5. The molecule has 4 aromatic carbocycles. The van der Waals surface area contributed by atoms with E-state index < -0.39 is 11.2 Å². The van der Waals surface area contributed by atoms with Gasteiger partial charge in [-0.25, -0.2) is 4.79 Å². The van der Waals surface area contributed by atoms with Crippen molar-refractivity contribution >= 4 is 52.5 Å². The van der Waals surface area contributed by atoms with Crippen LogP contribution < -0.4 is 10.6 Å². The fourth-order valence-electron chi connectivity index (χ4n) is 3.42. The Kier molecular flexibility index (Phi) is 8.05. The molecule has 3 N–H and O–H groups in total. The molecule has 0 heterocycles. The number of carboxylic acids is 1. The van der Waals surface area contributed by atoms with Crippen molar-refractivity contribution < 1.29 is 19.5 Å². The summed E-state index contributed by atoms with van der Waals surface area (Å²) in [5, 5.41) is 14.7. The Morgan fingerprint density at radius 3 is 2.14 bits per heavy atom. The van der Waals surface area contributed by atoms with E-state index >= 15 is 0 Å². The molecular formula is C28H21ClN2O4S. The van der Waals surface area contributed by atoms with E-state index in [1.807, 2.05) is 36.4 Å². The fourth-order valence-corrected chi connectivity index (χ4v) is 4.69. The lowest BCUT2D eigenvalue weighted by atomic mass is 10.1. The number of amides is 2. The molecule has 36 heavy (non-hydrogen) atoms. The molecule has 0 fully saturated rings. The van der Waals surface area contributed by atoms with Gasteiger partial charge in [0.2, 0.25) is 5.91 Å². The average molecular weight is 517 g/mol. The van der Waals surface area contributed by atoms with Gasteiger partial charge in [0.25, 0.3) is 5.91 Å². The molecule has 1 atom stereocenters. The lowest BCUT2D eigenvalue weighted by molar-refractivity contribution is -0.115. The number of carbonyl (C=O) groups excluding carboxylic acids is 2. The summed E-state index contributed by atoms with van der Waals surface area (Å²) in [5.41, 5.74) is 2.46. The molecule has 0 saturated carbocycles. The van der Waals surface area contributed by atoms with E-state index in [-0.39, 0.29) is 17.4 Å². The molecule has 8 heteroatoms. The number of rotatable bonds is 8. The quantitative estimate of drug-likeness (QED) is 0.225. The summed E-state index contributed by atoms with van der Waals surface area (Å²) >= 11 is 7.33. The first kappa shape index (κ1) is 25.0. The molecule has 4 rings (SSSR count). The third-order valence-corrected chi connectivity index (χ3v) is 6.66. The Morgan fingerprint density at radius 2 is 1.44 bits per heavy atom. The lowest BCUT2D eigenvalue weighted by Crippen LogP contribution is -2.19. The van der Waals surface area contributed by atoms with Crippen LogP contribution in [-0.2, 0) is 4.79 Å².